The first-order valence-corrected chi connectivity index (χ1v) is 5.43. The lowest BCUT2D eigenvalue weighted by Gasteiger charge is -2.06. The van der Waals surface area contributed by atoms with E-state index in [-0.39, 0.29) is 0 Å². The highest BCUT2D eigenvalue weighted by Crippen LogP contribution is 2.15. The number of aromatic nitrogens is 2. The topological polar surface area (TPSA) is 51.8 Å². The van der Waals surface area contributed by atoms with E-state index in [1.54, 1.807) is 24.2 Å². The number of nitrogens with zero attached hydrogens (tertiary/aromatic N) is 2. The highest BCUT2D eigenvalue weighted by molar-refractivity contribution is 7.99. The van der Waals surface area contributed by atoms with Crippen molar-refractivity contribution in [3.05, 3.63) is 23.2 Å². The summed E-state index contributed by atoms with van der Waals surface area (Å²) in [7, 11) is 0. The number of hydrogen-bond donors (Lipinski definition) is 1. The molecule has 0 aromatic carbocycles. The van der Waals surface area contributed by atoms with Crippen LogP contribution in [0.15, 0.2) is 12.4 Å². The van der Waals surface area contributed by atoms with Crippen LogP contribution in [0.2, 0.25) is 5.15 Å². The molecule has 13 heavy (non-hydrogen) atoms. The van der Waals surface area contributed by atoms with Crippen molar-refractivity contribution in [3.63, 3.8) is 0 Å². The van der Waals surface area contributed by atoms with Crippen LogP contribution in [0.4, 0.5) is 0 Å². The molecule has 0 bridgehead atoms. The normalized spacial score (nSPS) is 12.8. The molecule has 0 aliphatic heterocycles. The molecular weight excluding hydrogens is 206 g/mol. The molecule has 0 radical (unpaired) electrons. The van der Waals surface area contributed by atoms with E-state index < -0.39 is 0 Å². The Labute approximate surface area is 87.1 Å². The van der Waals surface area contributed by atoms with Gasteiger partial charge in [0.2, 0.25) is 0 Å². The fourth-order valence-electron chi connectivity index (χ4n) is 0.709. The molecule has 72 valence electrons. The van der Waals surface area contributed by atoms with E-state index in [9.17, 15) is 0 Å². The van der Waals surface area contributed by atoms with E-state index in [4.69, 9.17) is 17.3 Å². The van der Waals surface area contributed by atoms with Gasteiger partial charge in [-0.1, -0.05) is 18.5 Å². The summed E-state index contributed by atoms with van der Waals surface area (Å²) in [5.41, 5.74) is 6.42. The van der Waals surface area contributed by atoms with Crippen LogP contribution in [-0.2, 0) is 5.75 Å². The van der Waals surface area contributed by atoms with Crippen LogP contribution in [0.1, 0.15) is 12.6 Å². The number of nitrogens with two attached hydrogens (primary N) is 1. The summed E-state index contributed by atoms with van der Waals surface area (Å²) in [5, 5.41) is 0.887. The molecular formula is C8H12ClN3S. The second kappa shape index (κ2) is 5.42. The predicted octanol–water partition coefficient (Wildman–Crippen LogP) is 1.71. The summed E-state index contributed by atoms with van der Waals surface area (Å²) in [4.78, 5) is 8.07. The molecule has 1 aromatic heterocycles. The zero-order chi connectivity index (χ0) is 9.68. The van der Waals surface area contributed by atoms with E-state index in [1.807, 2.05) is 0 Å². The first-order valence-electron chi connectivity index (χ1n) is 4.00. The molecule has 0 aliphatic carbocycles. The minimum absolute atomic E-state index is 0.431. The first kappa shape index (κ1) is 10.8. The van der Waals surface area contributed by atoms with Gasteiger partial charge >= 0.3 is 0 Å². The Morgan fingerprint density at radius 2 is 2.31 bits per heavy atom. The minimum Gasteiger partial charge on any atom is -0.329 e. The number of hydrogen-bond acceptors (Lipinski definition) is 4. The predicted molar refractivity (Wildman–Crippen MR) is 56.9 cm³/mol. The summed E-state index contributed by atoms with van der Waals surface area (Å²) >= 11 is 7.37. The van der Waals surface area contributed by atoms with Gasteiger partial charge in [-0.2, -0.15) is 11.8 Å². The Morgan fingerprint density at radius 3 is 2.85 bits per heavy atom. The highest BCUT2D eigenvalue weighted by atomic mass is 35.5. The second-order valence-electron chi connectivity index (χ2n) is 2.69. The third kappa shape index (κ3) is 3.93. The third-order valence-electron chi connectivity index (χ3n) is 1.52. The average molecular weight is 218 g/mol. The van der Waals surface area contributed by atoms with Crippen molar-refractivity contribution in [2.45, 2.75) is 17.9 Å². The van der Waals surface area contributed by atoms with Gasteiger partial charge in [0.15, 0.2) is 0 Å². The monoisotopic (exact) mass is 217 g/mol. The van der Waals surface area contributed by atoms with Gasteiger partial charge in [-0.05, 0) is 0 Å². The summed E-state index contributed by atoms with van der Waals surface area (Å²) in [6, 6.07) is 0. The van der Waals surface area contributed by atoms with E-state index in [2.05, 4.69) is 16.9 Å². The van der Waals surface area contributed by atoms with Gasteiger partial charge in [0.25, 0.3) is 0 Å². The maximum Gasteiger partial charge on any atom is 0.147 e. The number of halogens is 1. The minimum atomic E-state index is 0.431. The first-order chi connectivity index (χ1) is 6.22. The molecule has 2 N–H and O–H groups in total. The average Bonchev–Trinajstić information content (AvgIpc) is 2.16. The lowest BCUT2D eigenvalue weighted by molar-refractivity contribution is 0.948. The molecule has 0 amide bonds. The van der Waals surface area contributed by atoms with Crippen molar-refractivity contribution in [3.8, 4) is 0 Å². The summed E-state index contributed by atoms with van der Waals surface area (Å²) in [5.74, 6) is 0.836. The molecule has 1 heterocycles. The Morgan fingerprint density at radius 1 is 1.54 bits per heavy atom. The fraction of sp³-hybridized carbons (Fsp3) is 0.500. The standard InChI is InChI=1S/C8H12ClN3S/c1-6(2-10)13-5-7-3-12-8(9)4-11-7/h3-4,6H,2,5,10H2,1H3. The summed E-state index contributed by atoms with van der Waals surface area (Å²) in [6.07, 6.45) is 3.25. The Hall–Kier alpha value is -0.320. The van der Waals surface area contributed by atoms with E-state index in [0.29, 0.717) is 16.9 Å². The SMILES string of the molecule is CC(CN)SCc1cnc(Cl)cn1. The molecule has 0 fully saturated rings. The number of rotatable bonds is 4. The Bertz CT molecular complexity index is 252. The van der Waals surface area contributed by atoms with E-state index in [1.165, 1.54) is 0 Å². The largest absolute Gasteiger partial charge is 0.329 e. The zero-order valence-electron chi connectivity index (χ0n) is 7.40. The van der Waals surface area contributed by atoms with Crippen LogP contribution in [0.25, 0.3) is 0 Å². The van der Waals surface area contributed by atoms with Crippen LogP contribution < -0.4 is 5.73 Å². The number of thioether (sulfide) groups is 1. The Balaban J connectivity index is 2.41. The van der Waals surface area contributed by atoms with Crippen molar-refractivity contribution in [2.75, 3.05) is 6.54 Å². The van der Waals surface area contributed by atoms with Crippen LogP contribution in [0.3, 0.4) is 0 Å². The van der Waals surface area contributed by atoms with E-state index >= 15 is 0 Å². The van der Waals surface area contributed by atoms with Gasteiger partial charge in [0.05, 0.1) is 18.1 Å². The molecule has 0 saturated carbocycles. The van der Waals surface area contributed by atoms with Gasteiger partial charge in [-0.15, -0.1) is 0 Å². The van der Waals surface area contributed by atoms with Crippen molar-refractivity contribution >= 4 is 23.4 Å². The van der Waals surface area contributed by atoms with Crippen LogP contribution >= 0.6 is 23.4 Å². The van der Waals surface area contributed by atoms with Crippen LogP contribution in [0, 0.1) is 0 Å². The second-order valence-corrected chi connectivity index (χ2v) is 4.50. The summed E-state index contributed by atoms with van der Waals surface area (Å²) < 4.78 is 0. The molecule has 1 rings (SSSR count). The maximum atomic E-state index is 5.60. The van der Waals surface area contributed by atoms with Gasteiger partial charge in [-0.25, -0.2) is 4.98 Å². The fourth-order valence-corrected chi connectivity index (χ4v) is 1.55. The van der Waals surface area contributed by atoms with Crippen molar-refractivity contribution in [2.24, 2.45) is 5.73 Å². The lowest BCUT2D eigenvalue weighted by Crippen LogP contribution is -2.12. The lowest BCUT2D eigenvalue weighted by atomic mass is 10.5. The molecule has 1 atom stereocenters. The van der Waals surface area contributed by atoms with Crippen LogP contribution in [0.5, 0.6) is 0 Å². The molecule has 1 unspecified atom stereocenters. The van der Waals surface area contributed by atoms with Crippen molar-refractivity contribution < 1.29 is 0 Å². The highest BCUT2D eigenvalue weighted by Gasteiger charge is 2.01. The molecule has 5 heteroatoms. The van der Waals surface area contributed by atoms with Gasteiger partial charge in [0.1, 0.15) is 5.15 Å². The van der Waals surface area contributed by atoms with Crippen molar-refractivity contribution in [1.29, 1.82) is 0 Å². The molecule has 0 spiro atoms. The smallest absolute Gasteiger partial charge is 0.147 e. The van der Waals surface area contributed by atoms with Crippen LogP contribution in [-0.4, -0.2) is 21.8 Å². The van der Waals surface area contributed by atoms with Crippen molar-refractivity contribution in [1.82, 2.24) is 9.97 Å². The van der Waals surface area contributed by atoms with Gasteiger partial charge in [-0.3, -0.25) is 4.98 Å². The van der Waals surface area contributed by atoms with E-state index in [0.717, 1.165) is 11.4 Å². The molecule has 0 saturated heterocycles. The molecule has 1 aromatic rings. The molecule has 3 nitrogen and oxygen atoms in total. The molecule has 0 aliphatic rings. The maximum absolute atomic E-state index is 5.60. The van der Waals surface area contributed by atoms with Gasteiger partial charge in [0, 0.05) is 17.5 Å². The Kier molecular flexibility index (Phi) is 4.48. The zero-order valence-corrected chi connectivity index (χ0v) is 8.98. The van der Waals surface area contributed by atoms with Gasteiger partial charge < -0.3 is 5.73 Å². The third-order valence-corrected chi connectivity index (χ3v) is 2.94. The summed E-state index contributed by atoms with van der Waals surface area (Å²) in [6.45, 7) is 2.78. The quantitative estimate of drug-likeness (QED) is 0.835.